The van der Waals surface area contributed by atoms with E-state index in [2.05, 4.69) is 4.74 Å². The number of esters is 1. The van der Waals surface area contributed by atoms with Gasteiger partial charge < -0.3 is 9.84 Å². The molecule has 0 aliphatic heterocycles. The van der Waals surface area contributed by atoms with Crippen molar-refractivity contribution in [2.45, 2.75) is 6.92 Å². The third-order valence-electron chi connectivity index (χ3n) is 2.21. The van der Waals surface area contributed by atoms with Gasteiger partial charge in [-0.15, -0.1) is 0 Å². The van der Waals surface area contributed by atoms with Gasteiger partial charge in [0.05, 0.1) is 12.2 Å². The van der Waals surface area contributed by atoms with Gasteiger partial charge in [0.15, 0.2) is 23.3 Å². The number of carbonyl (C=O) groups is 2. The molecule has 9 heteroatoms. The molecule has 0 bridgehead atoms. The van der Waals surface area contributed by atoms with Crippen molar-refractivity contribution < 1.29 is 41.4 Å². The van der Waals surface area contributed by atoms with Crippen LogP contribution in [0.15, 0.2) is 6.08 Å². The minimum Gasteiger partial charge on any atom is -0.507 e. The predicted molar refractivity (Wildman–Crippen MR) is 58.5 cm³/mol. The van der Waals surface area contributed by atoms with Crippen molar-refractivity contribution in [3.8, 4) is 0 Å². The van der Waals surface area contributed by atoms with Crippen LogP contribution >= 0.6 is 0 Å². The first-order valence-corrected chi connectivity index (χ1v) is 5.35. The van der Waals surface area contributed by atoms with Crippen molar-refractivity contribution in [2.24, 2.45) is 0 Å². The molecule has 1 aromatic rings. The molecule has 1 rings (SSSR count). The fraction of sp³-hybridized carbons (Fsp3) is 0.167. The second-order valence-electron chi connectivity index (χ2n) is 3.56. The zero-order valence-electron chi connectivity index (χ0n) is 10.3. The Morgan fingerprint density at radius 1 is 1.00 bits per heavy atom. The number of ether oxygens (including phenoxy) is 1. The summed E-state index contributed by atoms with van der Waals surface area (Å²) in [6.45, 7) is 1.17. The average Bonchev–Trinajstić information content (AvgIpc) is 2.43. The van der Waals surface area contributed by atoms with Crippen LogP contribution in [0.4, 0.5) is 22.0 Å². The van der Waals surface area contributed by atoms with Gasteiger partial charge in [0, 0.05) is 6.08 Å². The van der Waals surface area contributed by atoms with Gasteiger partial charge in [-0.2, -0.15) is 0 Å². The van der Waals surface area contributed by atoms with E-state index < -0.39 is 52.2 Å². The zero-order valence-corrected chi connectivity index (χ0v) is 10.3. The van der Waals surface area contributed by atoms with E-state index in [1.54, 1.807) is 0 Å². The molecule has 0 amide bonds. The van der Waals surface area contributed by atoms with E-state index in [1.807, 2.05) is 0 Å². The maximum absolute atomic E-state index is 13.3. The summed E-state index contributed by atoms with van der Waals surface area (Å²) in [5.74, 6) is -16.3. The van der Waals surface area contributed by atoms with Crippen molar-refractivity contribution in [3.63, 3.8) is 0 Å². The molecule has 4 nitrogen and oxygen atoms in total. The Morgan fingerprint density at radius 3 is 1.86 bits per heavy atom. The molecule has 0 unspecified atom stereocenters. The van der Waals surface area contributed by atoms with E-state index in [0.717, 1.165) is 0 Å². The number of aliphatic hydroxyl groups is 1. The Kier molecular flexibility index (Phi) is 5.01. The van der Waals surface area contributed by atoms with Crippen LogP contribution in [0.5, 0.6) is 0 Å². The van der Waals surface area contributed by atoms with Gasteiger partial charge in [-0.25, -0.2) is 26.7 Å². The molecule has 21 heavy (non-hydrogen) atoms. The van der Waals surface area contributed by atoms with Crippen LogP contribution in [0.1, 0.15) is 12.5 Å². The van der Waals surface area contributed by atoms with Crippen molar-refractivity contribution in [1.82, 2.24) is 0 Å². The quantitative estimate of drug-likeness (QED) is 0.176. The fourth-order valence-electron chi connectivity index (χ4n) is 1.29. The maximum Gasteiger partial charge on any atom is 0.379 e. The first kappa shape index (κ1) is 16.6. The topological polar surface area (TPSA) is 63.6 Å². The summed E-state index contributed by atoms with van der Waals surface area (Å²) in [5, 5.41) is 9.31. The summed E-state index contributed by atoms with van der Waals surface area (Å²) >= 11 is 0. The minimum absolute atomic E-state index is 0.00370. The summed E-state index contributed by atoms with van der Waals surface area (Å²) in [4.78, 5) is 22.1. The van der Waals surface area contributed by atoms with E-state index in [-0.39, 0.29) is 12.7 Å². The lowest BCUT2D eigenvalue weighted by Gasteiger charge is -2.07. The molecule has 1 N–H and O–H groups in total. The number of ketones is 1. The second-order valence-corrected chi connectivity index (χ2v) is 3.56. The number of aliphatic hydroxyl groups excluding tert-OH is 1. The Balaban J connectivity index is 3.35. The highest BCUT2D eigenvalue weighted by molar-refractivity contribution is 6.39. The van der Waals surface area contributed by atoms with Crippen LogP contribution in [0.2, 0.25) is 0 Å². The molecule has 0 heterocycles. The summed E-state index contributed by atoms with van der Waals surface area (Å²) in [5.41, 5.74) is -1.72. The molecule has 0 aliphatic carbocycles. The predicted octanol–water partition coefficient (Wildman–Crippen LogP) is 2.41. The van der Waals surface area contributed by atoms with Gasteiger partial charge in [0.1, 0.15) is 5.76 Å². The number of halogens is 5. The molecular formula is C12H7F5O4. The fourth-order valence-corrected chi connectivity index (χ4v) is 1.29. The first-order chi connectivity index (χ1) is 9.72. The van der Waals surface area contributed by atoms with Crippen LogP contribution in [-0.2, 0) is 14.3 Å². The molecular weight excluding hydrogens is 303 g/mol. The number of benzene rings is 1. The molecule has 114 valence electrons. The number of rotatable bonds is 4. The second kappa shape index (κ2) is 6.33. The standard InChI is InChI=1S/C12H7F5O4/c1-2-21-12(20)5(19)3-4(18)6-7(13)9(15)11(17)10(16)8(6)14/h3,18H,2H2,1H3/b4-3-. The van der Waals surface area contributed by atoms with Gasteiger partial charge in [-0.3, -0.25) is 4.79 Å². The summed E-state index contributed by atoms with van der Waals surface area (Å²) in [6.07, 6.45) is -0.00370. The van der Waals surface area contributed by atoms with Gasteiger partial charge in [0.2, 0.25) is 5.82 Å². The lowest BCUT2D eigenvalue weighted by atomic mass is 10.1. The van der Waals surface area contributed by atoms with Crippen molar-refractivity contribution in [3.05, 3.63) is 40.7 Å². The lowest BCUT2D eigenvalue weighted by molar-refractivity contribution is -0.151. The first-order valence-electron chi connectivity index (χ1n) is 5.35. The highest BCUT2D eigenvalue weighted by atomic mass is 19.2. The third kappa shape index (κ3) is 3.18. The van der Waals surface area contributed by atoms with Crippen LogP contribution < -0.4 is 0 Å². The average molecular weight is 310 g/mol. The van der Waals surface area contributed by atoms with E-state index in [0.29, 0.717) is 0 Å². The Hall–Kier alpha value is -2.45. The molecule has 0 fully saturated rings. The maximum atomic E-state index is 13.3. The highest BCUT2D eigenvalue weighted by Gasteiger charge is 2.28. The van der Waals surface area contributed by atoms with E-state index >= 15 is 0 Å². The third-order valence-corrected chi connectivity index (χ3v) is 2.21. The van der Waals surface area contributed by atoms with Gasteiger partial charge in [0.25, 0.3) is 5.78 Å². The summed E-state index contributed by atoms with van der Waals surface area (Å²) in [7, 11) is 0. The highest BCUT2D eigenvalue weighted by Crippen LogP contribution is 2.27. The van der Waals surface area contributed by atoms with Crippen molar-refractivity contribution >= 4 is 17.5 Å². The van der Waals surface area contributed by atoms with Crippen LogP contribution in [0.25, 0.3) is 5.76 Å². The SMILES string of the molecule is CCOC(=O)C(=O)/C=C(\O)c1c(F)c(F)c(F)c(F)c1F. The monoisotopic (exact) mass is 310 g/mol. The molecule has 0 saturated heterocycles. The molecule has 1 aromatic carbocycles. The zero-order chi connectivity index (χ0) is 16.3. The van der Waals surface area contributed by atoms with E-state index in [4.69, 9.17) is 0 Å². The molecule has 0 spiro atoms. The van der Waals surface area contributed by atoms with Crippen molar-refractivity contribution in [1.29, 1.82) is 0 Å². The molecule has 0 aliphatic rings. The Morgan fingerprint density at radius 2 is 1.43 bits per heavy atom. The molecule has 0 aromatic heterocycles. The minimum atomic E-state index is -2.42. The van der Waals surface area contributed by atoms with Crippen molar-refractivity contribution in [2.75, 3.05) is 6.61 Å². The lowest BCUT2D eigenvalue weighted by Crippen LogP contribution is -2.16. The Labute approximate surface area is 114 Å². The Bertz CT molecular complexity index is 610. The molecule has 0 saturated carbocycles. The van der Waals surface area contributed by atoms with E-state index in [1.165, 1.54) is 6.92 Å². The van der Waals surface area contributed by atoms with E-state index in [9.17, 15) is 36.6 Å². The smallest absolute Gasteiger partial charge is 0.379 e. The molecule has 0 radical (unpaired) electrons. The molecule has 0 atom stereocenters. The number of hydrogen-bond acceptors (Lipinski definition) is 4. The van der Waals surface area contributed by atoms with Crippen LogP contribution in [0, 0.1) is 29.1 Å². The largest absolute Gasteiger partial charge is 0.507 e. The van der Waals surface area contributed by atoms with Gasteiger partial charge in [-0.05, 0) is 6.92 Å². The normalized spacial score (nSPS) is 11.4. The summed E-state index contributed by atoms with van der Waals surface area (Å²) < 4.78 is 69.4. The van der Waals surface area contributed by atoms with Crippen LogP contribution in [-0.4, -0.2) is 23.5 Å². The van der Waals surface area contributed by atoms with Gasteiger partial charge >= 0.3 is 5.97 Å². The summed E-state index contributed by atoms with van der Waals surface area (Å²) in [6, 6.07) is 0. The van der Waals surface area contributed by atoms with Crippen LogP contribution in [0.3, 0.4) is 0 Å². The van der Waals surface area contributed by atoms with Gasteiger partial charge in [-0.1, -0.05) is 0 Å². The number of hydrogen-bond donors (Lipinski definition) is 1. The number of carbonyl (C=O) groups excluding carboxylic acids is 2.